The summed E-state index contributed by atoms with van der Waals surface area (Å²) in [4.78, 5) is 61.9. The Morgan fingerprint density at radius 3 is 1.91 bits per heavy atom. The van der Waals surface area contributed by atoms with Crippen molar-refractivity contribution in [2.75, 3.05) is 13.2 Å². The molecule has 0 aliphatic heterocycles. The maximum Gasteiger partial charge on any atom is 0.407 e. The summed E-state index contributed by atoms with van der Waals surface area (Å²) >= 11 is 0. The average molecular weight is 640 g/mol. The minimum atomic E-state index is -1.39. The molecule has 4 atom stereocenters. The van der Waals surface area contributed by atoms with Crippen molar-refractivity contribution >= 4 is 29.8 Å². The van der Waals surface area contributed by atoms with Crippen LogP contribution in [0.5, 0.6) is 0 Å². The number of alkyl carbamates (subject to hydrolysis) is 1. The molecule has 1 aliphatic rings. The molecule has 13 nitrogen and oxygen atoms in total. The summed E-state index contributed by atoms with van der Waals surface area (Å²) in [5, 5.41) is 30.8. The van der Waals surface area contributed by atoms with Crippen LogP contribution in [0.25, 0.3) is 11.1 Å². The minimum Gasteiger partial charge on any atom is -0.481 e. The second-order valence-electron chi connectivity index (χ2n) is 12.2. The van der Waals surface area contributed by atoms with Gasteiger partial charge in [-0.3, -0.25) is 19.2 Å². The summed E-state index contributed by atoms with van der Waals surface area (Å²) in [6.45, 7) is 6.99. The molecule has 4 amide bonds. The summed E-state index contributed by atoms with van der Waals surface area (Å²) in [6.07, 6.45) is -2.91. The third kappa shape index (κ3) is 10.3. The number of carboxylic acid groups (broad SMARTS) is 1. The minimum absolute atomic E-state index is 0.00341. The Labute approximate surface area is 268 Å². The van der Waals surface area contributed by atoms with Crippen LogP contribution in [-0.2, 0) is 23.9 Å². The molecule has 0 radical (unpaired) electrons. The quantitative estimate of drug-likeness (QED) is 0.134. The number of carbonyl (C=O) groups excluding carboxylic acids is 4. The Kier molecular flexibility index (Phi) is 13.1. The van der Waals surface area contributed by atoms with Gasteiger partial charge in [-0.25, -0.2) is 4.79 Å². The van der Waals surface area contributed by atoms with Gasteiger partial charge in [0.2, 0.25) is 17.7 Å². The summed E-state index contributed by atoms with van der Waals surface area (Å²) < 4.78 is 5.54. The molecule has 250 valence electrons. The molecule has 0 heterocycles. The molecule has 2 aromatic carbocycles. The predicted octanol–water partition coefficient (Wildman–Crippen LogP) is 1.62. The van der Waals surface area contributed by atoms with E-state index in [9.17, 15) is 34.2 Å². The van der Waals surface area contributed by atoms with Crippen molar-refractivity contribution in [3.8, 4) is 11.1 Å². The van der Waals surface area contributed by atoms with Gasteiger partial charge in [-0.15, -0.1) is 0 Å². The van der Waals surface area contributed by atoms with Gasteiger partial charge >= 0.3 is 12.1 Å². The lowest BCUT2D eigenvalue weighted by Gasteiger charge is -2.29. The monoisotopic (exact) mass is 639 g/mol. The average Bonchev–Trinajstić information content (AvgIpc) is 3.29. The van der Waals surface area contributed by atoms with Crippen molar-refractivity contribution in [3.05, 3.63) is 59.7 Å². The molecule has 2 aromatic rings. The van der Waals surface area contributed by atoms with Gasteiger partial charge in [0.1, 0.15) is 12.6 Å². The van der Waals surface area contributed by atoms with E-state index in [1.165, 1.54) is 0 Å². The summed E-state index contributed by atoms with van der Waals surface area (Å²) in [5.74, 6) is -3.56. The number of hydrogen-bond donors (Lipinski definition) is 7. The molecule has 0 unspecified atom stereocenters. The number of carboxylic acids is 1. The predicted molar refractivity (Wildman–Crippen MR) is 171 cm³/mol. The highest BCUT2D eigenvalue weighted by atomic mass is 16.5. The number of primary amides is 1. The number of benzene rings is 2. The second-order valence-corrected chi connectivity index (χ2v) is 12.2. The number of nitrogens with one attached hydrogen (secondary N) is 4. The molecular weight excluding hydrogens is 594 g/mol. The maximum absolute atomic E-state index is 13.3. The van der Waals surface area contributed by atoms with Crippen LogP contribution in [-0.4, -0.2) is 83.4 Å². The topological polar surface area (TPSA) is 209 Å². The van der Waals surface area contributed by atoms with E-state index < -0.39 is 66.9 Å². The Bertz CT molecular complexity index is 1350. The smallest absolute Gasteiger partial charge is 0.407 e. The largest absolute Gasteiger partial charge is 0.481 e. The summed E-state index contributed by atoms with van der Waals surface area (Å²) in [7, 11) is 0. The highest BCUT2D eigenvalue weighted by molar-refractivity contribution is 5.90. The highest BCUT2D eigenvalue weighted by Gasteiger charge is 2.32. The Balaban J connectivity index is 1.66. The van der Waals surface area contributed by atoms with Gasteiger partial charge in [0.15, 0.2) is 0 Å². The molecule has 1 aliphatic carbocycles. The van der Waals surface area contributed by atoms with E-state index in [-0.39, 0.29) is 31.0 Å². The first kappa shape index (κ1) is 36.0. The zero-order valence-corrected chi connectivity index (χ0v) is 26.6. The van der Waals surface area contributed by atoms with Gasteiger partial charge < -0.3 is 42.0 Å². The third-order valence-electron chi connectivity index (χ3n) is 7.57. The van der Waals surface area contributed by atoms with Crippen molar-refractivity contribution in [2.45, 2.75) is 83.1 Å². The lowest BCUT2D eigenvalue weighted by atomic mass is 9.98. The molecule has 0 saturated carbocycles. The zero-order valence-electron chi connectivity index (χ0n) is 26.6. The normalized spacial score (nSPS) is 14.8. The van der Waals surface area contributed by atoms with Crippen LogP contribution in [0.1, 0.15) is 64.0 Å². The highest BCUT2D eigenvalue weighted by Crippen LogP contribution is 2.44. The van der Waals surface area contributed by atoms with Crippen LogP contribution in [0.4, 0.5) is 4.79 Å². The van der Waals surface area contributed by atoms with Crippen LogP contribution in [0.15, 0.2) is 48.5 Å². The SMILES string of the molecule is CC(C)C[C@@H](NC(=O)[C@H](CC(N)=O)NC(=O)OCC1c2ccccc2-c2ccccc21)[C@@H](O)CN[C@@H](CC(=O)O)C(=O)NC(C)C. The number of aliphatic hydroxyl groups is 1. The van der Waals surface area contributed by atoms with Crippen molar-refractivity contribution in [1.82, 2.24) is 21.3 Å². The number of hydrogen-bond acceptors (Lipinski definition) is 8. The van der Waals surface area contributed by atoms with Gasteiger partial charge in [0, 0.05) is 18.5 Å². The number of aliphatic hydroxyl groups excluding tert-OH is 1. The third-order valence-corrected chi connectivity index (χ3v) is 7.57. The number of nitrogens with two attached hydrogens (primary N) is 1. The molecule has 8 N–H and O–H groups in total. The molecule has 13 heteroatoms. The maximum atomic E-state index is 13.3. The number of carbonyl (C=O) groups is 5. The number of aliphatic carboxylic acids is 1. The van der Waals surface area contributed by atoms with Crippen LogP contribution >= 0.6 is 0 Å². The molecule has 0 spiro atoms. The lowest BCUT2D eigenvalue weighted by Crippen LogP contribution is -2.56. The van der Waals surface area contributed by atoms with Gasteiger partial charge in [0.05, 0.1) is 31.0 Å². The van der Waals surface area contributed by atoms with Crippen molar-refractivity contribution in [1.29, 1.82) is 0 Å². The van der Waals surface area contributed by atoms with E-state index in [1.54, 1.807) is 13.8 Å². The molecule has 3 rings (SSSR count). The fourth-order valence-electron chi connectivity index (χ4n) is 5.52. The first-order valence-electron chi connectivity index (χ1n) is 15.4. The lowest BCUT2D eigenvalue weighted by molar-refractivity contribution is -0.140. The van der Waals surface area contributed by atoms with Gasteiger partial charge in [-0.2, -0.15) is 0 Å². The van der Waals surface area contributed by atoms with E-state index in [2.05, 4.69) is 21.3 Å². The molecule has 0 saturated heterocycles. The fourth-order valence-corrected chi connectivity index (χ4v) is 5.52. The molecular formula is C33H45N5O8. The number of rotatable bonds is 17. The first-order valence-corrected chi connectivity index (χ1v) is 15.4. The van der Waals surface area contributed by atoms with E-state index in [0.29, 0.717) is 6.42 Å². The number of fused-ring (bicyclic) bond motifs is 3. The van der Waals surface area contributed by atoms with Crippen LogP contribution in [0.2, 0.25) is 0 Å². The van der Waals surface area contributed by atoms with E-state index in [1.807, 2.05) is 62.4 Å². The fraction of sp³-hybridized carbons (Fsp3) is 0.485. The van der Waals surface area contributed by atoms with Gasteiger partial charge in [-0.05, 0) is 48.4 Å². The van der Waals surface area contributed by atoms with Crippen molar-refractivity contribution in [3.63, 3.8) is 0 Å². The van der Waals surface area contributed by atoms with Crippen LogP contribution < -0.4 is 27.0 Å². The van der Waals surface area contributed by atoms with Crippen LogP contribution in [0, 0.1) is 5.92 Å². The van der Waals surface area contributed by atoms with Crippen molar-refractivity contribution in [2.24, 2.45) is 11.7 Å². The summed E-state index contributed by atoms with van der Waals surface area (Å²) in [5.41, 5.74) is 9.51. The molecule has 46 heavy (non-hydrogen) atoms. The van der Waals surface area contributed by atoms with Crippen molar-refractivity contribution < 1.29 is 38.9 Å². The van der Waals surface area contributed by atoms with Crippen LogP contribution in [0.3, 0.4) is 0 Å². The Hall–Kier alpha value is -4.49. The standard InChI is InChI=1S/C33H45N5O8/c1-18(2)13-25(28(39)16-35-26(15-30(41)42)31(43)36-19(3)4)37-32(44)27(14-29(34)40)38-33(45)46-17-24-22-11-7-5-9-20(22)21-10-6-8-12-23(21)24/h5-12,18-19,24-28,35,39H,13-17H2,1-4H3,(H2,34,40)(H,36,43)(H,37,44)(H,38,45)(H,41,42)/t25-,26+,27+,28+/m1/s1. The van der Waals surface area contributed by atoms with Gasteiger partial charge in [0.25, 0.3) is 0 Å². The van der Waals surface area contributed by atoms with E-state index >= 15 is 0 Å². The second kappa shape index (κ2) is 16.7. The first-order chi connectivity index (χ1) is 21.8. The van der Waals surface area contributed by atoms with E-state index in [4.69, 9.17) is 10.5 Å². The molecule has 0 bridgehead atoms. The van der Waals surface area contributed by atoms with Gasteiger partial charge in [-0.1, -0.05) is 62.4 Å². The number of ether oxygens (including phenoxy) is 1. The molecule has 0 fully saturated rings. The van der Waals surface area contributed by atoms with E-state index in [0.717, 1.165) is 22.3 Å². The molecule has 0 aromatic heterocycles. The Morgan fingerprint density at radius 2 is 1.39 bits per heavy atom. The number of amides is 4. The zero-order chi connectivity index (χ0) is 34.0. The Morgan fingerprint density at radius 1 is 0.826 bits per heavy atom. The summed E-state index contributed by atoms with van der Waals surface area (Å²) in [6, 6.07) is 12.0.